The molecule has 4 heteroatoms. The normalized spacial score (nSPS) is 19.7. The van der Waals surface area contributed by atoms with Gasteiger partial charge in [0.15, 0.2) is 0 Å². The van der Waals surface area contributed by atoms with E-state index in [0.717, 1.165) is 0 Å². The molecule has 1 atom stereocenters. The largest absolute Gasteiger partial charge is 0.480 e. The van der Waals surface area contributed by atoms with Crippen LogP contribution in [0.5, 0.6) is 0 Å². The first-order chi connectivity index (χ1) is 4.70. The Kier molecular flexibility index (Phi) is 4.45. The number of carboxylic acid groups (broad SMARTS) is 1. The monoisotopic (exact) mass is 179 g/mol. The lowest BCUT2D eigenvalue weighted by Gasteiger charge is -2.26. The molecule has 1 fully saturated rings. The van der Waals surface area contributed by atoms with E-state index < -0.39 is 12.0 Å². The van der Waals surface area contributed by atoms with Gasteiger partial charge in [0.1, 0.15) is 6.04 Å². The van der Waals surface area contributed by atoms with E-state index in [2.05, 4.69) is 0 Å². The molecule has 1 aliphatic carbocycles. The number of rotatable bonds is 3. The lowest BCUT2D eigenvalue weighted by Crippen LogP contribution is -2.33. The van der Waals surface area contributed by atoms with Crippen LogP contribution in [0.4, 0.5) is 0 Å². The summed E-state index contributed by atoms with van der Waals surface area (Å²) in [6.45, 7) is 0. The summed E-state index contributed by atoms with van der Waals surface area (Å²) >= 11 is 0. The zero-order valence-electron chi connectivity index (χ0n) is 6.32. The number of carbonyl (C=O) groups is 1. The van der Waals surface area contributed by atoms with Crippen LogP contribution in [0.1, 0.15) is 25.7 Å². The first-order valence-corrected chi connectivity index (χ1v) is 3.68. The summed E-state index contributed by atoms with van der Waals surface area (Å²) in [5.74, 6) is -0.280. The summed E-state index contributed by atoms with van der Waals surface area (Å²) in [4.78, 5) is 10.2. The summed E-state index contributed by atoms with van der Waals surface area (Å²) in [5, 5.41) is 8.43. The molecule has 0 saturated heterocycles. The average Bonchev–Trinajstić information content (AvgIpc) is 1.77. The maximum atomic E-state index is 10.2. The molecule has 66 valence electrons. The van der Waals surface area contributed by atoms with Gasteiger partial charge in [0, 0.05) is 0 Å². The second kappa shape index (κ2) is 4.57. The summed E-state index contributed by atoms with van der Waals surface area (Å²) in [7, 11) is 0. The molecule has 3 nitrogen and oxygen atoms in total. The second-order valence-corrected chi connectivity index (χ2v) is 2.98. The lowest BCUT2D eigenvalue weighted by molar-refractivity contribution is -0.139. The number of halogens is 1. The van der Waals surface area contributed by atoms with Crippen LogP contribution in [0.25, 0.3) is 0 Å². The Bertz CT molecular complexity index is 136. The highest BCUT2D eigenvalue weighted by Gasteiger charge is 2.23. The molecule has 1 aliphatic rings. The van der Waals surface area contributed by atoms with Gasteiger partial charge in [-0.3, -0.25) is 4.79 Å². The molecule has 11 heavy (non-hydrogen) atoms. The predicted molar refractivity (Wildman–Crippen MR) is 44.8 cm³/mol. The van der Waals surface area contributed by atoms with Gasteiger partial charge in [0.2, 0.25) is 0 Å². The second-order valence-electron chi connectivity index (χ2n) is 2.98. The van der Waals surface area contributed by atoms with Crippen molar-refractivity contribution in [3.8, 4) is 0 Å². The molecule has 0 bridgehead atoms. The third kappa shape index (κ3) is 3.08. The van der Waals surface area contributed by atoms with Gasteiger partial charge in [-0.15, -0.1) is 12.4 Å². The predicted octanol–water partition coefficient (Wildman–Crippen LogP) is 1.01. The Morgan fingerprint density at radius 1 is 1.64 bits per heavy atom. The highest BCUT2D eigenvalue weighted by Crippen LogP contribution is 2.29. The SMILES string of the molecule is Cl.N[C@@H](CC1CCC1)C(=O)O. The minimum atomic E-state index is -0.869. The van der Waals surface area contributed by atoms with Crippen molar-refractivity contribution in [2.45, 2.75) is 31.7 Å². The molecular formula is C7H14ClNO2. The number of carboxylic acids is 1. The van der Waals surface area contributed by atoms with Crippen LogP contribution in [0, 0.1) is 5.92 Å². The Morgan fingerprint density at radius 3 is 2.45 bits per heavy atom. The maximum absolute atomic E-state index is 10.2. The quantitative estimate of drug-likeness (QED) is 0.680. The molecule has 0 aromatic heterocycles. The van der Waals surface area contributed by atoms with E-state index >= 15 is 0 Å². The Hall–Kier alpha value is -0.280. The topological polar surface area (TPSA) is 63.3 Å². The molecule has 0 spiro atoms. The smallest absolute Gasteiger partial charge is 0.320 e. The van der Waals surface area contributed by atoms with Crippen LogP contribution in [0.15, 0.2) is 0 Å². The maximum Gasteiger partial charge on any atom is 0.320 e. The van der Waals surface area contributed by atoms with Gasteiger partial charge in [-0.05, 0) is 12.3 Å². The molecule has 0 amide bonds. The van der Waals surface area contributed by atoms with Crippen LogP contribution in [-0.4, -0.2) is 17.1 Å². The summed E-state index contributed by atoms with van der Waals surface area (Å²) < 4.78 is 0. The van der Waals surface area contributed by atoms with Gasteiger partial charge in [-0.25, -0.2) is 0 Å². The molecule has 3 N–H and O–H groups in total. The van der Waals surface area contributed by atoms with Crippen LogP contribution >= 0.6 is 12.4 Å². The fourth-order valence-electron chi connectivity index (χ4n) is 1.19. The van der Waals surface area contributed by atoms with Gasteiger partial charge in [0.05, 0.1) is 0 Å². The molecule has 0 aromatic carbocycles. The lowest BCUT2D eigenvalue weighted by atomic mass is 9.81. The zero-order valence-corrected chi connectivity index (χ0v) is 7.14. The fraction of sp³-hybridized carbons (Fsp3) is 0.857. The summed E-state index contributed by atoms with van der Waals surface area (Å²) in [6.07, 6.45) is 4.24. The number of hydrogen-bond acceptors (Lipinski definition) is 2. The fourth-order valence-corrected chi connectivity index (χ4v) is 1.19. The van der Waals surface area contributed by atoms with E-state index in [1.165, 1.54) is 19.3 Å². The van der Waals surface area contributed by atoms with E-state index in [4.69, 9.17) is 10.8 Å². The number of nitrogens with two attached hydrogens (primary N) is 1. The van der Waals surface area contributed by atoms with Crippen LogP contribution < -0.4 is 5.73 Å². The molecule has 0 aliphatic heterocycles. The first-order valence-electron chi connectivity index (χ1n) is 3.68. The van der Waals surface area contributed by atoms with E-state index in [-0.39, 0.29) is 12.4 Å². The molecule has 0 radical (unpaired) electrons. The number of aliphatic carboxylic acids is 1. The van der Waals surface area contributed by atoms with Gasteiger partial charge in [0.25, 0.3) is 0 Å². The Labute approximate surface area is 72.4 Å². The summed E-state index contributed by atoms with van der Waals surface area (Å²) in [6, 6.07) is -0.634. The van der Waals surface area contributed by atoms with Crippen molar-refractivity contribution >= 4 is 18.4 Å². The van der Waals surface area contributed by atoms with Crippen molar-refractivity contribution in [3.05, 3.63) is 0 Å². The molecule has 1 saturated carbocycles. The van der Waals surface area contributed by atoms with Crippen LogP contribution in [0.3, 0.4) is 0 Å². The molecule has 0 heterocycles. The van der Waals surface area contributed by atoms with Crippen molar-refractivity contribution in [1.29, 1.82) is 0 Å². The third-order valence-electron chi connectivity index (χ3n) is 2.13. The molecule has 0 unspecified atom stereocenters. The van der Waals surface area contributed by atoms with Crippen molar-refractivity contribution in [1.82, 2.24) is 0 Å². The molecule has 1 rings (SSSR count). The standard InChI is InChI=1S/C7H13NO2.ClH/c8-6(7(9)10)4-5-2-1-3-5;/h5-6H,1-4,8H2,(H,9,10);1H/t6-;/m0./s1. The van der Waals surface area contributed by atoms with Crippen LogP contribution in [0.2, 0.25) is 0 Å². The van der Waals surface area contributed by atoms with Gasteiger partial charge >= 0.3 is 5.97 Å². The van der Waals surface area contributed by atoms with Crippen molar-refractivity contribution in [2.24, 2.45) is 11.7 Å². The van der Waals surface area contributed by atoms with E-state index in [9.17, 15) is 4.79 Å². The zero-order chi connectivity index (χ0) is 7.56. The third-order valence-corrected chi connectivity index (χ3v) is 2.13. The minimum absolute atomic E-state index is 0. The van der Waals surface area contributed by atoms with E-state index in [1.54, 1.807) is 0 Å². The Morgan fingerprint density at radius 2 is 2.18 bits per heavy atom. The molecule has 0 aromatic rings. The number of hydrogen-bond donors (Lipinski definition) is 2. The molecular weight excluding hydrogens is 166 g/mol. The van der Waals surface area contributed by atoms with E-state index in [1.807, 2.05) is 0 Å². The van der Waals surface area contributed by atoms with Crippen molar-refractivity contribution in [3.63, 3.8) is 0 Å². The summed E-state index contributed by atoms with van der Waals surface area (Å²) in [5.41, 5.74) is 5.33. The van der Waals surface area contributed by atoms with Gasteiger partial charge in [-0.2, -0.15) is 0 Å². The highest BCUT2D eigenvalue weighted by atomic mass is 35.5. The average molecular weight is 180 g/mol. The van der Waals surface area contributed by atoms with Crippen LogP contribution in [-0.2, 0) is 4.79 Å². The van der Waals surface area contributed by atoms with Gasteiger partial charge < -0.3 is 10.8 Å². The highest BCUT2D eigenvalue weighted by molar-refractivity contribution is 5.85. The van der Waals surface area contributed by atoms with Crippen molar-refractivity contribution in [2.75, 3.05) is 0 Å². The Balaban J connectivity index is 0.000001000. The van der Waals surface area contributed by atoms with E-state index in [0.29, 0.717) is 12.3 Å². The first kappa shape index (κ1) is 10.7. The minimum Gasteiger partial charge on any atom is -0.480 e. The van der Waals surface area contributed by atoms with Crippen molar-refractivity contribution < 1.29 is 9.90 Å². The van der Waals surface area contributed by atoms with Gasteiger partial charge in [-0.1, -0.05) is 19.3 Å².